The summed E-state index contributed by atoms with van der Waals surface area (Å²) < 4.78 is 4.78. The Bertz CT molecular complexity index is 275. The zero-order chi connectivity index (χ0) is 8.97. The number of amidine groups is 1. The van der Waals surface area contributed by atoms with Gasteiger partial charge in [-0.15, -0.1) is 0 Å². The van der Waals surface area contributed by atoms with Gasteiger partial charge in [0.1, 0.15) is 0 Å². The molecule has 0 aromatic carbocycles. The van der Waals surface area contributed by atoms with E-state index in [1.807, 2.05) is 0 Å². The molecule has 0 bridgehead atoms. The fourth-order valence-electron chi connectivity index (χ4n) is 0.775. The lowest BCUT2D eigenvalue weighted by Gasteiger charge is -1.89. The highest BCUT2D eigenvalue weighted by Crippen LogP contribution is 1.95. The number of hydrogen-bond donors (Lipinski definition) is 1. The van der Waals surface area contributed by atoms with Gasteiger partial charge < -0.3 is 10.3 Å². The molecule has 1 heterocycles. The molecule has 1 aromatic rings. The molecule has 0 atom stereocenters. The first-order chi connectivity index (χ1) is 5.68. The number of rotatable bonds is 3. The fraction of sp³-hybridized carbons (Fsp3) is 0.571. The lowest BCUT2D eigenvalue weighted by atomic mass is 10.4. The van der Waals surface area contributed by atoms with Crippen molar-refractivity contribution in [1.82, 2.24) is 10.1 Å². The van der Waals surface area contributed by atoms with Crippen LogP contribution in [0.4, 0.5) is 0 Å². The SMILES string of the molecule is CC(N)=NCCc1noc(C)n1. The van der Waals surface area contributed by atoms with E-state index in [4.69, 9.17) is 10.3 Å². The zero-order valence-corrected chi connectivity index (χ0v) is 7.24. The number of aliphatic imine (C=N–C) groups is 1. The summed E-state index contributed by atoms with van der Waals surface area (Å²) in [6.07, 6.45) is 0.672. The molecule has 5 nitrogen and oxygen atoms in total. The van der Waals surface area contributed by atoms with E-state index >= 15 is 0 Å². The Kier molecular flexibility index (Phi) is 2.79. The third kappa shape index (κ3) is 2.69. The van der Waals surface area contributed by atoms with Crippen molar-refractivity contribution in [2.75, 3.05) is 6.54 Å². The van der Waals surface area contributed by atoms with E-state index in [0.29, 0.717) is 30.5 Å². The first kappa shape index (κ1) is 8.70. The minimum absolute atomic E-state index is 0.579. The number of hydrogen-bond acceptors (Lipinski definition) is 4. The van der Waals surface area contributed by atoms with Gasteiger partial charge in [0.05, 0.1) is 5.84 Å². The molecule has 0 saturated carbocycles. The first-order valence-corrected chi connectivity index (χ1v) is 3.74. The van der Waals surface area contributed by atoms with E-state index < -0.39 is 0 Å². The zero-order valence-electron chi connectivity index (χ0n) is 7.24. The molecule has 0 unspecified atom stereocenters. The maximum atomic E-state index is 5.35. The van der Waals surface area contributed by atoms with Crippen molar-refractivity contribution in [2.45, 2.75) is 20.3 Å². The van der Waals surface area contributed by atoms with Crippen LogP contribution in [0.25, 0.3) is 0 Å². The van der Waals surface area contributed by atoms with Crippen molar-refractivity contribution in [3.05, 3.63) is 11.7 Å². The lowest BCUT2D eigenvalue weighted by molar-refractivity contribution is 0.387. The van der Waals surface area contributed by atoms with Gasteiger partial charge in [-0.1, -0.05) is 5.16 Å². The van der Waals surface area contributed by atoms with Crippen molar-refractivity contribution in [1.29, 1.82) is 0 Å². The molecule has 0 amide bonds. The normalized spacial score (nSPS) is 12.0. The Hall–Kier alpha value is -1.39. The van der Waals surface area contributed by atoms with Crippen molar-refractivity contribution >= 4 is 5.84 Å². The van der Waals surface area contributed by atoms with Crippen LogP contribution in [-0.4, -0.2) is 22.5 Å². The second-order valence-electron chi connectivity index (χ2n) is 2.50. The van der Waals surface area contributed by atoms with Crippen LogP contribution in [0.3, 0.4) is 0 Å². The number of nitrogens with zero attached hydrogens (tertiary/aromatic N) is 3. The van der Waals surface area contributed by atoms with Crippen LogP contribution in [0.2, 0.25) is 0 Å². The fourth-order valence-corrected chi connectivity index (χ4v) is 0.775. The molecule has 1 rings (SSSR count). The summed E-state index contributed by atoms with van der Waals surface area (Å²) in [4.78, 5) is 8.02. The van der Waals surface area contributed by atoms with Crippen LogP contribution < -0.4 is 5.73 Å². The molecule has 0 aliphatic rings. The maximum absolute atomic E-state index is 5.35. The summed E-state index contributed by atoms with van der Waals surface area (Å²) >= 11 is 0. The third-order valence-corrected chi connectivity index (χ3v) is 1.27. The van der Waals surface area contributed by atoms with Gasteiger partial charge >= 0.3 is 0 Å². The Labute approximate surface area is 70.7 Å². The number of nitrogens with two attached hydrogens (primary N) is 1. The molecule has 12 heavy (non-hydrogen) atoms. The van der Waals surface area contributed by atoms with Crippen molar-refractivity contribution in [3.8, 4) is 0 Å². The molecule has 0 spiro atoms. The van der Waals surface area contributed by atoms with Crippen molar-refractivity contribution < 1.29 is 4.52 Å². The molecule has 2 N–H and O–H groups in total. The minimum atomic E-state index is 0.579. The first-order valence-electron chi connectivity index (χ1n) is 3.74. The van der Waals surface area contributed by atoms with Gasteiger partial charge in [-0.25, -0.2) is 0 Å². The molecular weight excluding hydrogens is 156 g/mol. The topological polar surface area (TPSA) is 77.3 Å². The Morgan fingerprint density at radius 1 is 1.67 bits per heavy atom. The summed E-state index contributed by atoms with van der Waals surface area (Å²) in [6.45, 7) is 4.12. The standard InChI is InChI=1S/C7H12N4O/c1-5(8)9-4-3-7-10-6(2)12-11-7/h3-4H2,1-2H3,(H2,8,9). The quantitative estimate of drug-likeness (QED) is 0.520. The summed E-state index contributed by atoms with van der Waals surface area (Å²) in [5.41, 5.74) is 5.35. The van der Waals surface area contributed by atoms with Gasteiger partial charge in [0.2, 0.25) is 5.89 Å². The van der Waals surface area contributed by atoms with Crippen LogP contribution in [0.5, 0.6) is 0 Å². The second-order valence-corrected chi connectivity index (χ2v) is 2.50. The molecule has 0 radical (unpaired) electrons. The predicted molar refractivity (Wildman–Crippen MR) is 44.9 cm³/mol. The average molecular weight is 168 g/mol. The summed E-state index contributed by atoms with van der Waals surface area (Å²) in [5.74, 6) is 1.84. The van der Waals surface area contributed by atoms with E-state index in [9.17, 15) is 0 Å². The van der Waals surface area contributed by atoms with E-state index in [0.717, 1.165) is 0 Å². The van der Waals surface area contributed by atoms with Crippen LogP contribution in [-0.2, 0) is 6.42 Å². The van der Waals surface area contributed by atoms with Crippen LogP contribution in [0, 0.1) is 6.92 Å². The minimum Gasteiger partial charge on any atom is -0.388 e. The highest BCUT2D eigenvalue weighted by atomic mass is 16.5. The second kappa shape index (κ2) is 3.85. The molecule has 0 aliphatic heterocycles. The maximum Gasteiger partial charge on any atom is 0.223 e. The monoisotopic (exact) mass is 168 g/mol. The Morgan fingerprint density at radius 2 is 2.42 bits per heavy atom. The van der Waals surface area contributed by atoms with Gasteiger partial charge in [-0.3, -0.25) is 4.99 Å². The molecule has 1 aromatic heterocycles. The molecule has 5 heteroatoms. The largest absolute Gasteiger partial charge is 0.388 e. The van der Waals surface area contributed by atoms with Crippen LogP contribution in [0.1, 0.15) is 18.6 Å². The van der Waals surface area contributed by atoms with E-state index in [2.05, 4.69) is 15.1 Å². The molecule has 66 valence electrons. The van der Waals surface area contributed by atoms with Crippen molar-refractivity contribution in [3.63, 3.8) is 0 Å². The number of aryl methyl sites for hydroxylation is 1. The molecule has 0 fully saturated rings. The van der Waals surface area contributed by atoms with Gasteiger partial charge in [0.25, 0.3) is 0 Å². The summed E-state index contributed by atoms with van der Waals surface area (Å²) in [6, 6.07) is 0. The molecule has 0 saturated heterocycles. The number of aromatic nitrogens is 2. The summed E-state index contributed by atoms with van der Waals surface area (Å²) in [7, 11) is 0. The average Bonchev–Trinajstić information content (AvgIpc) is 2.35. The smallest absolute Gasteiger partial charge is 0.223 e. The van der Waals surface area contributed by atoms with E-state index in [1.165, 1.54) is 0 Å². The Morgan fingerprint density at radius 3 is 2.92 bits per heavy atom. The Balaban J connectivity index is 2.38. The molecule has 0 aliphatic carbocycles. The van der Waals surface area contributed by atoms with E-state index in [1.54, 1.807) is 13.8 Å². The van der Waals surface area contributed by atoms with Gasteiger partial charge in [0, 0.05) is 19.9 Å². The van der Waals surface area contributed by atoms with Gasteiger partial charge in [-0.05, 0) is 6.92 Å². The predicted octanol–water partition coefficient (Wildman–Crippen LogP) is 0.298. The highest BCUT2D eigenvalue weighted by Gasteiger charge is 1.99. The van der Waals surface area contributed by atoms with Crippen LogP contribution >= 0.6 is 0 Å². The highest BCUT2D eigenvalue weighted by molar-refractivity contribution is 5.77. The van der Waals surface area contributed by atoms with E-state index in [-0.39, 0.29) is 0 Å². The summed E-state index contributed by atoms with van der Waals surface area (Å²) in [5, 5.41) is 3.72. The molecular formula is C7H12N4O. The lowest BCUT2D eigenvalue weighted by Crippen LogP contribution is -2.07. The van der Waals surface area contributed by atoms with Gasteiger partial charge in [0.15, 0.2) is 5.82 Å². The van der Waals surface area contributed by atoms with Gasteiger partial charge in [-0.2, -0.15) is 4.98 Å². The third-order valence-electron chi connectivity index (χ3n) is 1.27. The van der Waals surface area contributed by atoms with Crippen LogP contribution in [0.15, 0.2) is 9.52 Å². The van der Waals surface area contributed by atoms with Crippen molar-refractivity contribution in [2.24, 2.45) is 10.7 Å².